The van der Waals surface area contributed by atoms with E-state index in [-0.39, 0.29) is 0 Å². The Morgan fingerprint density at radius 2 is 0.873 bits per heavy atom. The van der Waals surface area contributed by atoms with Crippen molar-refractivity contribution in [3.63, 3.8) is 0 Å². The molecule has 63 heavy (non-hydrogen) atoms. The summed E-state index contributed by atoms with van der Waals surface area (Å²) in [5.41, 5.74) is 9.95. The van der Waals surface area contributed by atoms with Crippen LogP contribution in [0.4, 0.5) is 0 Å². The van der Waals surface area contributed by atoms with Crippen molar-refractivity contribution in [2.75, 3.05) is 0 Å². The predicted octanol–water partition coefficient (Wildman–Crippen LogP) is 13.7. The molecule has 0 unspecified atom stereocenters. The van der Waals surface area contributed by atoms with Gasteiger partial charge in [0.15, 0.2) is 7.14 Å². The van der Waals surface area contributed by atoms with Crippen molar-refractivity contribution in [1.82, 2.24) is 14.5 Å². The number of benzene rings is 10. The summed E-state index contributed by atoms with van der Waals surface area (Å²) in [7, 11) is -3.41. The molecule has 0 spiro atoms. The van der Waals surface area contributed by atoms with Crippen LogP contribution in [-0.2, 0) is 4.57 Å². The lowest BCUT2D eigenvalue weighted by Gasteiger charge is -2.23. The minimum absolute atomic E-state index is 0.766. The van der Waals surface area contributed by atoms with Gasteiger partial charge in [-0.25, -0.2) is 9.97 Å². The number of rotatable bonds is 7. The standard InChI is InChI=1S/C58H38N3OP/c62-63(46-20-6-2-7-21-46,47-22-8-3-9-23-47)48-37-43(39-28-30-42(31-29-39)58-59-53-26-14-15-27-54(53)61(58)45-18-4-1-5-19-45)36-44(38-48)55-51-34-32-40-16-10-12-24-49(40)56(51)60-57-50-25-13-11-17-41(50)33-35-52(55)57/h1-38H. The maximum absolute atomic E-state index is 16.3. The lowest BCUT2D eigenvalue weighted by atomic mass is 9.91. The van der Waals surface area contributed by atoms with Gasteiger partial charge in [0.25, 0.3) is 0 Å². The Hall–Kier alpha value is -7.91. The average Bonchev–Trinajstić information content (AvgIpc) is 3.76. The number of nitrogens with zero attached hydrogens (tertiary/aromatic N) is 3. The molecule has 2 aromatic heterocycles. The molecule has 0 aliphatic rings. The third-order valence-electron chi connectivity index (χ3n) is 12.4. The van der Waals surface area contributed by atoms with Crippen LogP contribution in [0.25, 0.3) is 93.7 Å². The summed E-state index contributed by atoms with van der Waals surface area (Å²) in [5.74, 6) is 0.871. The molecule has 0 fully saturated rings. The van der Waals surface area contributed by atoms with E-state index in [1.54, 1.807) is 0 Å². The summed E-state index contributed by atoms with van der Waals surface area (Å²) in [6, 6.07) is 79.6. The van der Waals surface area contributed by atoms with Gasteiger partial charge in [0.05, 0.1) is 22.1 Å². The number of hydrogen-bond acceptors (Lipinski definition) is 3. The van der Waals surface area contributed by atoms with Crippen molar-refractivity contribution in [1.29, 1.82) is 0 Å². The fraction of sp³-hybridized carbons (Fsp3) is 0. The molecule has 5 heteroatoms. The van der Waals surface area contributed by atoms with Crippen LogP contribution in [0.5, 0.6) is 0 Å². The highest BCUT2D eigenvalue weighted by atomic mass is 31.2. The number of hydrogen-bond donors (Lipinski definition) is 0. The third-order valence-corrected chi connectivity index (χ3v) is 15.5. The molecule has 0 amide bonds. The molecule has 12 aromatic rings. The molecular formula is C58H38N3OP. The molecule has 0 atom stereocenters. The van der Waals surface area contributed by atoms with Crippen LogP contribution >= 0.6 is 7.14 Å². The van der Waals surface area contributed by atoms with Crippen LogP contribution in [0.15, 0.2) is 231 Å². The zero-order valence-electron chi connectivity index (χ0n) is 34.1. The maximum Gasteiger partial charge on any atom is 0.171 e. The quantitative estimate of drug-likeness (QED) is 0.0914. The molecular weight excluding hydrogens is 786 g/mol. The van der Waals surface area contributed by atoms with Gasteiger partial charge in [0, 0.05) is 54.3 Å². The molecule has 10 aromatic carbocycles. The Kier molecular flexibility index (Phi) is 8.74. The van der Waals surface area contributed by atoms with E-state index in [0.717, 1.165) is 110 Å². The average molecular weight is 824 g/mol. The minimum Gasteiger partial charge on any atom is -0.309 e. The predicted molar refractivity (Wildman–Crippen MR) is 265 cm³/mol. The first-order valence-corrected chi connectivity index (χ1v) is 23.0. The van der Waals surface area contributed by atoms with E-state index in [9.17, 15) is 0 Å². The highest BCUT2D eigenvalue weighted by Gasteiger charge is 2.31. The lowest BCUT2D eigenvalue weighted by Crippen LogP contribution is -2.25. The second kappa shape index (κ2) is 14.9. The third kappa shape index (κ3) is 6.10. The van der Waals surface area contributed by atoms with E-state index in [4.69, 9.17) is 9.97 Å². The van der Waals surface area contributed by atoms with E-state index in [0.29, 0.717) is 0 Å². The molecule has 0 radical (unpaired) electrons. The molecule has 296 valence electrons. The van der Waals surface area contributed by atoms with Gasteiger partial charge in [-0.15, -0.1) is 0 Å². The zero-order chi connectivity index (χ0) is 41.9. The van der Waals surface area contributed by atoms with Crippen molar-refractivity contribution >= 4 is 77.4 Å². The fourth-order valence-electron chi connectivity index (χ4n) is 9.42. The normalized spacial score (nSPS) is 11.9. The molecule has 4 nitrogen and oxygen atoms in total. The van der Waals surface area contributed by atoms with Gasteiger partial charge < -0.3 is 4.57 Å². The minimum atomic E-state index is -3.41. The first-order chi connectivity index (χ1) is 31.1. The summed E-state index contributed by atoms with van der Waals surface area (Å²) < 4.78 is 18.6. The highest BCUT2D eigenvalue weighted by Crippen LogP contribution is 2.47. The van der Waals surface area contributed by atoms with E-state index < -0.39 is 7.14 Å². The monoisotopic (exact) mass is 823 g/mol. The topological polar surface area (TPSA) is 47.8 Å². The van der Waals surface area contributed by atoms with Gasteiger partial charge in [0.1, 0.15) is 5.82 Å². The first-order valence-electron chi connectivity index (χ1n) is 21.3. The summed E-state index contributed by atoms with van der Waals surface area (Å²) in [4.78, 5) is 10.6. The van der Waals surface area contributed by atoms with Gasteiger partial charge >= 0.3 is 0 Å². The van der Waals surface area contributed by atoms with Gasteiger partial charge in [0.2, 0.25) is 0 Å². The Labute approximate surface area is 364 Å². The van der Waals surface area contributed by atoms with Crippen LogP contribution in [-0.4, -0.2) is 14.5 Å². The van der Waals surface area contributed by atoms with Gasteiger partial charge in [-0.3, -0.25) is 4.57 Å². The van der Waals surface area contributed by atoms with Crippen LogP contribution < -0.4 is 15.9 Å². The fourth-order valence-corrected chi connectivity index (χ4v) is 12.1. The summed E-state index contributed by atoms with van der Waals surface area (Å²) in [6.07, 6.45) is 0. The number of pyridine rings is 1. The first kappa shape index (κ1) is 36.9. The molecule has 12 rings (SSSR count). The van der Waals surface area contributed by atoms with Crippen LogP contribution in [0, 0.1) is 0 Å². The Bertz CT molecular complexity index is 3610. The van der Waals surface area contributed by atoms with E-state index >= 15 is 4.57 Å². The molecule has 0 saturated carbocycles. The van der Waals surface area contributed by atoms with E-state index in [1.807, 2.05) is 72.8 Å². The smallest absolute Gasteiger partial charge is 0.171 e. The van der Waals surface area contributed by atoms with E-state index in [2.05, 4.69) is 162 Å². The second-order valence-electron chi connectivity index (χ2n) is 16.1. The van der Waals surface area contributed by atoms with E-state index in [1.165, 1.54) is 0 Å². The highest BCUT2D eigenvalue weighted by molar-refractivity contribution is 7.85. The Morgan fingerprint density at radius 1 is 0.365 bits per heavy atom. The number of imidazole rings is 1. The van der Waals surface area contributed by atoms with Crippen molar-refractivity contribution < 1.29 is 4.57 Å². The molecule has 0 bridgehead atoms. The van der Waals surface area contributed by atoms with Crippen molar-refractivity contribution in [2.45, 2.75) is 0 Å². The maximum atomic E-state index is 16.3. The SMILES string of the molecule is O=P(c1ccccc1)(c1ccccc1)c1cc(-c2ccc(-c3nc4ccccc4n3-c3ccccc3)cc2)cc(-c2c3ccc4ccccc4c3nc3c2ccc2ccccc23)c1. The molecule has 2 heterocycles. The molecule has 0 N–H and O–H groups in total. The zero-order valence-corrected chi connectivity index (χ0v) is 35.0. The lowest BCUT2D eigenvalue weighted by molar-refractivity contribution is 0.592. The van der Waals surface area contributed by atoms with Crippen molar-refractivity contribution in [2.24, 2.45) is 0 Å². The number of para-hydroxylation sites is 3. The molecule has 0 aliphatic carbocycles. The molecule has 0 aliphatic heterocycles. The van der Waals surface area contributed by atoms with Crippen LogP contribution in [0.1, 0.15) is 0 Å². The number of fused-ring (bicyclic) bond motifs is 7. The van der Waals surface area contributed by atoms with Crippen molar-refractivity contribution in [3.05, 3.63) is 231 Å². The number of aromatic nitrogens is 3. The summed E-state index contributed by atoms with van der Waals surface area (Å²) in [6.45, 7) is 0. The van der Waals surface area contributed by atoms with Gasteiger partial charge in [-0.05, 0) is 69.9 Å². The van der Waals surface area contributed by atoms with Crippen molar-refractivity contribution in [3.8, 4) is 39.3 Å². The van der Waals surface area contributed by atoms with Gasteiger partial charge in [-0.1, -0.05) is 188 Å². The largest absolute Gasteiger partial charge is 0.309 e. The Balaban J connectivity index is 1.14. The Morgan fingerprint density at radius 3 is 1.49 bits per heavy atom. The van der Waals surface area contributed by atoms with Crippen LogP contribution in [0.2, 0.25) is 0 Å². The van der Waals surface area contributed by atoms with Gasteiger partial charge in [-0.2, -0.15) is 0 Å². The second-order valence-corrected chi connectivity index (χ2v) is 18.8. The summed E-state index contributed by atoms with van der Waals surface area (Å²) >= 11 is 0. The summed E-state index contributed by atoms with van der Waals surface area (Å²) in [5, 5.41) is 8.89. The molecule has 0 saturated heterocycles. The van der Waals surface area contributed by atoms with Crippen LogP contribution in [0.3, 0.4) is 0 Å².